The molecule has 1 aromatic rings. The second-order valence-corrected chi connectivity index (χ2v) is 6.21. The van der Waals surface area contributed by atoms with Crippen LogP contribution in [0.2, 0.25) is 0 Å². The summed E-state index contributed by atoms with van der Waals surface area (Å²) in [5.41, 5.74) is 7.02. The van der Waals surface area contributed by atoms with Crippen LogP contribution in [0, 0.1) is 0 Å². The number of amides is 1. The molecule has 1 saturated heterocycles. The van der Waals surface area contributed by atoms with Crippen LogP contribution in [0.3, 0.4) is 0 Å². The van der Waals surface area contributed by atoms with Gasteiger partial charge in [-0.1, -0.05) is 35.5 Å². The fourth-order valence-corrected chi connectivity index (χ4v) is 3.67. The monoisotopic (exact) mass is 333 g/mol. The lowest BCUT2D eigenvalue weighted by atomic mass is 10.0. The quantitative estimate of drug-likeness (QED) is 0.468. The molecule has 3 N–H and O–H groups in total. The number of carboxylic acid groups (broad SMARTS) is 1. The van der Waals surface area contributed by atoms with Gasteiger partial charge < -0.3 is 15.7 Å². The van der Waals surface area contributed by atoms with Crippen LogP contribution in [0.25, 0.3) is 0 Å². The van der Waals surface area contributed by atoms with Crippen molar-refractivity contribution >= 4 is 29.9 Å². The molecular formula is C15H15N3O4S. The predicted octanol–water partition coefficient (Wildman–Crippen LogP) is 0.770. The van der Waals surface area contributed by atoms with Crippen LogP contribution in [0.15, 0.2) is 46.8 Å². The summed E-state index contributed by atoms with van der Waals surface area (Å²) in [6.07, 6.45) is 1.35. The van der Waals surface area contributed by atoms with Gasteiger partial charge in [0.05, 0.1) is 6.21 Å². The normalized spacial score (nSPS) is 23.7. The molecule has 0 saturated carbocycles. The zero-order valence-corrected chi connectivity index (χ0v) is 12.9. The molecule has 0 aliphatic carbocycles. The summed E-state index contributed by atoms with van der Waals surface area (Å²) in [7, 11) is 0. The van der Waals surface area contributed by atoms with Crippen molar-refractivity contribution in [2.75, 3.05) is 5.75 Å². The van der Waals surface area contributed by atoms with Crippen molar-refractivity contribution in [2.45, 2.75) is 18.0 Å². The van der Waals surface area contributed by atoms with Crippen molar-refractivity contribution in [3.63, 3.8) is 0 Å². The molecule has 1 fully saturated rings. The number of hydrogen-bond acceptors (Lipinski definition) is 6. The van der Waals surface area contributed by atoms with E-state index < -0.39 is 12.0 Å². The van der Waals surface area contributed by atoms with Crippen LogP contribution >= 0.6 is 11.8 Å². The standard InChI is InChI=1S/C15H15N3O4S/c16-11-13(19)18-12(15(20)21)10(8-23-14(11)18)6-17-22-7-9-4-2-1-3-5-9/h1-6,11,14H,7-8,16H2,(H,20,21)/t11-,14-/m1/s1. The fourth-order valence-electron chi connectivity index (χ4n) is 2.43. The fraction of sp³-hybridized carbons (Fsp3) is 0.267. The number of fused-ring (bicyclic) bond motifs is 1. The van der Waals surface area contributed by atoms with E-state index in [1.165, 1.54) is 22.9 Å². The molecule has 8 heteroatoms. The molecule has 0 radical (unpaired) electrons. The number of nitrogens with zero attached hydrogens (tertiary/aromatic N) is 2. The molecule has 0 bridgehead atoms. The number of carbonyl (C=O) groups is 2. The topological polar surface area (TPSA) is 105 Å². The van der Waals surface area contributed by atoms with Crippen LogP contribution in [-0.4, -0.2) is 45.3 Å². The highest BCUT2D eigenvalue weighted by Gasteiger charge is 2.51. The highest BCUT2D eigenvalue weighted by molar-refractivity contribution is 8.00. The van der Waals surface area contributed by atoms with Crippen LogP contribution < -0.4 is 5.73 Å². The first-order valence-electron chi connectivity index (χ1n) is 6.95. The average Bonchev–Trinajstić information content (AvgIpc) is 2.58. The molecule has 1 aromatic carbocycles. The number of benzene rings is 1. The highest BCUT2D eigenvalue weighted by Crippen LogP contribution is 2.38. The minimum atomic E-state index is -1.17. The van der Waals surface area contributed by atoms with Gasteiger partial charge in [0.2, 0.25) is 5.91 Å². The largest absolute Gasteiger partial charge is 0.477 e. The van der Waals surface area contributed by atoms with E-state index in [1.807, 2.05) is 30.3 Å². The average molecular weight is 333 g/mol. The van der Waals surface area contributed by atoms with Crippen molar-refractivity contribution < 1.29 is 19.5 Å². The Morgan fingerprint density at radius 3 is 2.91 bits per heavy atom. The highest BCUT2D eigenvalue weighted by atomic mass is 32.2. The molecule has 2 heterocycles. The predicted molar refractivity (Wildman–Crippen MR) is 85.5 cm³/mol. The molecule has 2 atom stereocenters. The van der Waals surface area contributed by atoms with E-state index in [2.05, 4.69) is 5.16 Å². The number of aliphatic carboxylic acids is 1. The number of oxime groups is 1. The lowest BCUT2D eigenvalue weighted by molar-refractivity contribution is -0.147. The van der Waals surface area contributed by atoms with Gasteiger partial charge in [-0.15, -0.1) is 11.8 Å². The molecule has 120 valence electrons. The Morgan fingerprint density at radius 1 is 1.48 bits per heavy atom. The van der Waals surface area contributed by atoms with Crippen molar-refractivity contribution in [3.05, 3.63) is 47.2 Å². The summed E-state index contributed by atoms with van der Waals surface area (Å²) in [6, 6.07) is 8.86. The van der Waals surface area contributed by atoms with Gasteiger partial charge in [0.15, 0.2) is 0 Å². The number of hydrogen-bond donors (Lipinski definition) is 2. The van der Waals surface area contributed by atoms with Crippen molar-refractivity contribution in [3.8, 4) is 0 Å². The van der Waals surface area contributed by atoms with Gasteiger partial charge in [-0.05, 0) is 5.56 Å². The lowest BCUT2D eigenvalue weighted by Gasteiger charge is -2.47. The first-order chi connectivity index (χ1) is 11.1. The Labute approximate surface area is 136 Å². The zero-order valence-electron chi connectivity index (χ0n) is 12.1. The third kappa shape index (κ3) is 2.95. The van der Waals surface area contributed by atoms with E-state index in [9.17, 15) is 14.7 Å². The third-order valence-corrected chi connectivity index (χ3v) is 4.92. The van der Waals surface area contributed by atoms with Gasteiger partial charge in [0.25, 0.3) is 0 Å². The van der Waals surface area contributed by atoms with Crippen molar-refractivity contribution in [2.24, 2.45) is 10.9 Å². The van der Waals surface area contributed by atoms with E-state index in [1.54, 1.807) is 0 Å². The smallest absolute Gasteiger partial charge is 0.353 e. The maximum absolute atomic E-state index is 11.8. The van der Waals surface area contributed by atoms with Crippen molar-refractivity contribution in [1.82, 2.24) is 4.90 Å². The number of carboxylic acids is 1. The number of nitrogens with two attached hydrogens (primary N) is 1. The second kappa shape index (κ2) is 6.43. The lowest BCUT2D eigenvalue weighted by Crippen LogP contribution is -2.68. The molecular weight excluding hydrogens is 318 g/mol. The Balaban J connectivity index is 1.71. The SMILES string of the molecule is N[C@@H]1C(=O)N2C(C(=O)O)=C(C=NOCc3ccccc3)CS[C@H]12. The second-order valence-electron chi connectivity index (χ2n) is 5.11. The molecule has 1 amide bonds. The van der Waals surface area contributed by atoms with Gasteiger partial charge in [-0.25, -0.2) is 4.79 Å². The minimum Gasteiger partial charge on any atom is -0.477 e. The first kappa shape index (κ1) is 15.6. The molecule has 0 spiro atoms. The Bertz CT molecular complexity index is 689. The van der Waals surface area contributed by atoms with Crippen LogP contribution in [-0.2, 0) is 21.0 Å². The van der Waals surface area contributed by atoms with Crippen LogP contribution in [0.5, 0.6) is 0 Å². The number of thioether (sulfide) groups is 1. The number of rotatable bonds is 5. The van der Waals surface area contributed by atoms with Crippen LogP contribution in [0.1, 0.15) is 5.56 Å². The molecule has 2 aliphatic rings. The first-order valence-corrected chi connectivity index (χ1v) is 8.00. The van der Waals surface area contributed by atoms with E-state index in [-0.39, 0.29) is 23.6 Å². The van der Waals surface area contributed by atoms with Gasteiger partial charge in [-0.3, -0.25) is 9.69 Å². The van der Waals surface area contributed by atoms with E-state index in [4.69, 9.17) is 10.6 Å². The molecule has 7 nitrogen and oxygen atoms in total. The van der Waals surface area contributed by atoms with E-state index in [0.717, 1.165) is 5.56 Å². The summed E-state index contributed by atoms with van der Waals surface area (Å²) >= 11 is 1.42. The maximum Gasteiger partial charge on any atom is 0.353 e. The summed E-state index contributed by atoms with van der Waals surface area (Å²) in [5.74, 6) is -1.13. The van der Waals surface area contributed by atoms with Gasteiger partial charge >= 0.3 is 5.97 Å². The van der Waals surface area contributed by atoms with Gasteiger partial charge in [0, 0.05) is 11.3 Å². The summed E-state index contributed by atoms with van der Waals surface area (Å²) in [4.78, 5) is 29.6. The van der Waals surface area contributed by atoms with Gasteiger partial charge in [0.1, 0.15) is 23.7 Å². The summed E-state index contributed by atoms with van der Waals surface area (Å²) in [6.45, 7) is 0.288. The molecule has 0 aromatic heterocycles. The summed E-state index contributed by atoms with van der Waals surface area (Å²) < 4.78 is 0. The maximum atomic E-state index is 11.8. The molecule has 0 unspecified atom stereocenters. The van der Waals surface area contributed by atoms with E-state index in [0.29, 0.717) is 11.3 Å². The Morgan fingerprint density at radius 2 is 2.22 bits per heavy atom. The third-order valence-electron chi connectivity index (χ3n) is 3.60. The Kier molecular flexibility index (Phi) is 4.35. The number of carbonyl (C=O) groups excluding carboxylic acids is 1. The van der Waals surface area contributed by atoms with Crippen LogP contribution in [0.4, 0.5) is 0 Å². The minimum absolute atomic E-state index is 0.0625. The molecule has 3 rings (SSSR count). The zero-order chi connectivity index (χ0) is 16.4. The van der Waals surface area contributed by atoms with Gasteiger partial charge in [-0.2, -0.15) is 0 Å². The molecule has 23 heavy (non-hydrogen) atoms. The van der Waals surface area contributed by atoms with Crippen molar-refractivity contribution in [1.29, 1.82) is 0 Å². The Hall–Kier alpha value is -2.32. The summed E-state index contributed by atoms with van der Waals surface area (Å²) in [5, 5.41) is 12.9. The number of β-lactam (4-membered cyclic amide) rings is 1. The molecule has 2 aliphatic heterocycles. The van der Waals surface area contributed by atoms with E-state index >= 15 is 0 Å².